The van der Waals surface area contributed by atoms with Gasteiger partial charge < -0.3 is 5.11 Å². The third-order valence-electron chi connectivity index (χ3n) is 5.17. The summed E-state index contributed by atoms with van der Waals surface area (Å²) in [6.45, 7) is 3.19. The highest BCUT2D eigenvalue weighted by Gasteiger charge is 2.38. The number of carbonyl (C=O) groups is 3. The van der Waals surface area contributed by atoms with E-state index in [4.69, 9.17) is 0 Å². The monoisotopic (exact) mass is 491 g/mol. The lowest BCUT2D eigenvalue weighted by atomic mass is 10.0. The molecule has 0 radical (unpaired) electrons. The van der Waals surface area contributed by atoms with Gasteiger partial charge in [-0.15, -0.1) is 23.1 Å². The number of rotatable bonds is 5. The molecule has 33 heavy (non-hydrogen) atoms. The Morgan fingerprint density at radius 1 is 1.09 bits per heavy atom. The van der Waals surface area contributed by atoms with Crippen molar-refractivity contribution >= 4 is 46.6 Å². The molecule has 1 aliphatic rings. The van der Waals surface area contributed by atoms with Gasteiger partial charge in [-0.05, 0) is 55.1 Å². The molecule has 5 nitrogen and oxygen atoms in total. The lowest BCUT2D eigenvalue weighted by molar-refractivity contribution is -0.117. The summed E-state index contributed by atoms with van der Waals surface area (Å²) in [5.41, 5.74) is -0.378. The number of aromatic carboxylic acids is 1. The Morgan fingerprint density at radius 2 is 1.76 bits per heavy atom. The van der Waals surface area contributed by atoms with Gasteiger partial charge in [0.1, 0.15) is 22.3 Å². The molecule has 2 aromatic carbocycles. The summed E-state index contributed by atoms with van der Waals surface area (Å²) < 4.78 is 42.3. The first kappa shape index (κ1) is 23.1. The molecule has 1 N–H and O–H groups in total. The standard InChI is InChI=1S/C23H16F3NO4S2/c1-23(2,19-14(25)4-3-5-15(19)26)33-12-6-7-13(24)16(9-12)27-17(28)8-11-10-32-20(22(30)31)18(11)21(27)29/h3-7,9-10H,8H2,1-2H3,(H,30,31). The van der Waals surface area contributed by atoms with E-state index in [2.05, 4.69) is 0 Å². The molecule has 0 fully saturated rings. The van der Waals surface area contributed by atoms with Gasteiger partial charge in [-0.1, -0.05) is 6.07 Å². The third kappa shape index (κ3) is 4.04. The van der Waals surface area contributed by atoms with Gasteiger partial charge in [0.25, 0.3) is 5.91 Å². The lowest BCUT2D eigenvalue weighted by Crippen LogP contribution is -2.43. The van der Waals surface area contributed by atoms with E-state index in [1.54, 1.807) is 13.8 Å². The number of carboxylic acid groups (broad SMARTS) is 1. The Labute approximate surface area is 194 Å². The van der Waals surface area contributed by atoms with Crippen molar-refractivity contribution in [1.29, 1.82) is 0 Å². The van der Waals surface area contributed by atoms with Crippen molar-refractivity contribution in [2.24, 2.45) is 0 Å². The maximum atomic E-state index is 14.8. The molecule has 0 spiro atoms. The number of benzene rings is 2. The highest BCUT2D eigenvalue weighted by Crippen LogP contribution is 2.44. The first-order chi connectivity index (χ1) is 15.5. The van der Waals surface area contributed by atoms with Gasteiger partial charge in [0.05, 0.1) is 17.7 Å². The number of amides is 2. The summed E-state index contributed by atoms with van der Waals surface area (Å²) in [4.78, 5) is 38.0. The van der Waals surface area contributed by atoms with Crippen molar-refractivity contribution in [1.82, 2.24) is 0 Å². The molecule has 3 aromatic rings. The molecule has 0 saturated carbocycles. The van der Waals surface area contributed by atoms with Crippen molar-refractivity contribution in [2.75, 3.05) is 4.90 Å². The number of hydrogen-bond acceptors (Lipinski definition) is 5. The van der Waals surface area contributed by atoms with E-state index in [1.165, 1.54) is 23.6 Å². The van der Waals surface area contributed by atoms with Crippen LogP contribution in [0.25, 0.3) is 0 Å². The molecule has 0 unspecified atom stereocenters. The molecule has 1 aromatic heterocycles. The molecular formula is C23H16F3NO4S2. The largest absolute Gasteiger partial charge is 0.477 e. The number of thiophene rings is 1. The predicted molar refractivity (Wildman–Crippen MR) is 118 cm³/mol. The lowest BCUT2D eigenvalue weighted by Gasteiger charge is -2.28. The van der Waals surface area contributed by atoms with E-state index in [1.807, 2.05) is 0 Å². The highest BCUT2D eigenvalue weighted by atomic mass is 32.2. The van der Waals surface area contributed by atoms with Crippen molar-refractivity contribution in [3.05, 3.63) is 80.8 Å². The van der Waals surface area contributed by atoms with Crippen LogP contribution in [0.5, 0.6) is 0 Å². The van der Waals surface area contributed by atoms with Crippen LogP contribution in [0.2, 0.25) is 0 Å². The maximum absolute atomic E-state index is 14.8. The van der Waals surface area contributed by atoms with E-state index in [0.29, 0.717) is 9.80 Å². The summed E-state index contributed by atoms with van der Waals surface area (Å²) in [5.74, 6) is -5.29. The fourth-order valence-electron chi connectivity index (χ4n) is 3.77. The van der Waals surface area contributed by atoms with Gasteiger partial charge in [0.15, 0.2) is 0 Å². The number of carbonyl (C=O) groups excluding carboxylic acids is 2. The maximum Gasteiger partial charge on any atom is 0.346 e. The molecule has 10 heteroatoms. The number of carboxylic acids is 1. The second-order valence-corrected chi connectivity index (χ2v) is 10.4. The molecule has 0 atom stereocenters. The highest BCUT2D eigenvalue weighted by molar-refractivity contribution is 8.00. The zero-order valence-corrected chi connectivity index (χ0v) is 19.0. The van der Waals surface area contributed by atoms with Crippen LogP contribution in [-0.4, -0.2) is 22.9 Å². The smallest absolute Gasteiger partial charge is 0.346 e. The fourth-order valence-corrected chi connectivity index (χ4v) is 5.86. The normalized spacial score (nSPS) is 13.9. The average molecular weight is 492 g/mol. The summed E-state index contributed by atoms with van der Waals surface area (Å²) in [7, 11) is 0. The zero-order valence-electron chi connectivity index (χ0n) is 17.3. The summed E-state index contributed by atoms with van der Waals surface area (Å²) in [6, 6.07) is 7.20. The Hall–Kier alpha value is -3.11. The topological polar surface area (TPSA) is 74.7 Å². The van der Waals surface area contributed by atoms with Crippen LogP contribution < -0.4 is 4.90 Å². The number of imide groups is 1. The van der Waals surface area contributed by atoms with Crippen molar-refractivity contribution in [3.63, 3.8) is 0 Å². The molecule has 2 amide bonds. The van der Waals surface area contributed by atoms with Crippen LogP contribution in [-0.2, 0) is 16.0 Å². The van der Waals surface area contributed by atoms with Gasteiger partial charge in [-0.2, -0.15) is 0 Å². The second kappa shape index (κ2) is 8.35. The van der Waals surface area contributed by atoms with E-state index >= 15 is 0 Å². The van der Waals surface area contributed by atoms with E-state index in [0.717, 1.165) is 41.3 Å². The van der Waals surface area contributed by atoms with Crippen LogP contribution >= 0.6 is 23.1 Å². The predicted octanol–water partition coefficient (Wildman–Crippen LogP) is 5.62. The SMILES string of the molecule is CC(C)(Sc1ccc(F)c(N2C(=O)Cc3csc(C(=O)O)c3C2=O)c1)c1c(F)cccc1F. The van der Waals surface area contributed by atoms with E-state index in [9.17, 15) is 32.7 Å². The first-order valence-electron chi connectivity index (χ1n) is 9.65. The molecule has 170 valence electrons. The van der Waals surface area contributed by atoms with Crippen LogP contribution in [0.15, 0.2) is 46.7 Å². The molecule has 0 saturated heterocycles. The van der Waals surface area contributed by atoms with Crippen molar-refractivity contribution in [3.8, 4) is 0 Å². The molecular weight excluding hydrogens is 475 g/mol. The zero-order chi connectivity index (χ0) is 24.1. The van der Waals surface area contributed by atoms with E-state index in [-0.39, 0.29) is 33.7 Å². The van der Waals surface area contributed by atoms with Gasteiger partial charge in [-0.25, -0.2) is 22.9 Å². The Kier molecular flexibility index (Phi) is 5.83. The van der Waals surface area contributed by atoms with Gasteiger partial charge >= 0.3 is 5.97 Å². The van der Waals surface area contributed by atoms with E-state index < -0.39 is 40.0 Å². The molecule has 0 bridgehead atoms. The first-order valence-corrected chi connectivity index (χ1v) is 11.3. The second-order valence-electron chi connectivity index (χ2n) is 7.80. The fraction of sp³-hybridized carbons (Fsp3) is 0.174. The van der Waals surface area contributed by atoms with Gasteiger partial charge in [0, 0.05) is 15.2 Å². The number of halogens is 3. The van der Waals surface area contributed by atoms with Crippen LogP contribution in [0, 0.1) is 17.5 Å². The summed E-state index contributed by atoms with van der Waals surface area (Å²) in [5, 5.41) is 10.8. The molecule has 4 rings (SSSR count). The number of hydrogen-bond donors (Lipinski definition) is 1. The molecule has 1 aliphatic heterocycles. The number of nitrogens with zero attached hydrogens (tertiary/aromatic N) is 1. The third-order valence-corrected chi connectivity index (χ3v) is 7.39. The summed E-state index contributed by atoms with van der Waals surface area (Å²) >= 11 is 1.85. The Morgan fingerprint density at radius 3 is 2.39 bits per heavy atom. The minimum Gasteiger partial charge on any atom is -0.477 e. The Balaban J connectivity index is 1.74. The van der Waals surface area contributed by atoms with Crippen LogP contribution in [0.3, 0.4) is 0 Å². The number of fused-ring (bicyclic) bond motifs is 1. The van der Waals surface area contributed by atoms with Gasteiger partial charge in [-0.3, -0.25) is 9.59 Å². The number of thioether (sulfide) groups is 1. The van der Waals surface area contributed by atoms with Crippen LogP contribution in [0.1, 0.15) is 45.0 Å². The quantitative estimate of drug-likeness (QED) is 0.370. The van der Waals surface area contributed by atoms with Gasteiger partial charge in [0.2, 0.25) is 5.91 Å². The van der Waals surface area contributed by atoms with Crippen LogP contribution in [0.4, 0.5) is 18.9 Å². The number of anilines is 1. The summed E-state index contributed by atoms with van der Waals surface area (Å²) in [6.07, 6.45) is -0.256. The average Bonchev–Trinajstić information content (AvgIpc) is 3.14. The minimum atomic E-state index is -1.32. The van der Waals surface area contributed by atoms with Crippen molar-refractivity contribution < 1.29 is 32.7 Å². The van der Waals surface area contributed by atoms with Crippen molar-refractivity contribution in [2.45, 2.75) is 29.9 Å². The Bertz CT molecular complexity index is 1300. The minimum absolute atomic E-state index is 0.140. The molecule has 0 aliphatic carbocycles. The molecule has 2 heterocycles.